The van der Waals surface area contributed by atoms with E-state index in [1.165, 1.54) is 4.90 Å². The molecular weight excluding hydrogens is 320 g/mol. The van der Waals surface area contributed by atoms with Crippen molar-refractivity contribution in [1.29, 1.82) is 0 Å². The molecule has 2 aromatic rings. The predicted molar refractivity (Wildman–Crippen MR) is 91.4 cm³/mol. The van der Waals surface area contributed by atoms with E-state index < -0.39 is 0 Å². The van der Waals surface area contributed by atoms with E-state index in [9.17, 15) is 14.4 Å². The SMILES string of the molecule is Cc1cnn(CCC(=O)Nc2ccc(CN3C(=O)CCC3=O)cc2)c1. The number of benzene rings is 1. The van der Waals surface area contributed by atoms with Crippen molar-refractivity contribution in [2.75, 3.05) is 5.32 Å². The topological polar surface area (TPSA) is 84.3 Å². The Morgan fingerprint density at radius 2 is 1.84 bits per heavy atom. The summed E-state index contributed by atoms with van der Waals surface area (Å²) in [5, 5.41) is 6.97. The Morgan fingerprint density at radius 3 is 2.44 bits per heavy atom. The molecule has 0 unspecified atom stereocenters. The molecule has 0 radical (unpaired) electrons. The van der Waals surface area contributed by atoms with E-state index in [0.717, 1.165) is 11.1 Å². The van der Waals surface area contributed by atoms with Crippen LogP contribution < -0.4 is 5.32 Å². The molecule has 1 aromatic heterocycles. The summed E-state index contributed by atoms with van der Waals surface area (Å²) >= 11 is 0. The first kappa shape index (κ1) is 16.9. The third-order valence-electron chi connectivity index (χ3n) is 4.06. The van der Waals surface area contributed by atoms with Crippen molar-refractivity contribution in [2.24, 2.45) is 0 Å². The monoisotopic (exact) mass is 340 g/mol. The molecule has 1 saturated heterocycles. The van der Waals surface area contributed by atoms with Gasteiger partial charge in [-0.15, -0.1) is 0 Å². The number of rotatable bonds is 6. The molecule has 1 fully saturated rings. The number of anilines is 1. The fourth-order valence-electron chi connectivity index (χ4n) is 2.70. The molecule has 25 heavy (non-hydrogen) atoms. The molecule has 7 nitrogen and oxygen atoms in total. The number of imide groups is 1. The number of nitrogens with zero attached hydrogens (tertiary/aromatic N) is 3. The lowest BCUT2D eigenvalue weighted by Gasteiger charge is -2.14. The molecule has 3 rings (SSSR count). The highest BCUT2D eigenvalue weighted by Crippen LogP contribution is 2.17. The van der Waals surface area contributed by atoms with Gasteiger partial charge in [-0.2, -0.15) is 5.10 Å². The number of carbonyl (C=O) groups is 3. The lowest BCUT2D eigenvalue weighted by atomic mass is 10.2. The van der Waals surface area contributed by atoms with E-state index >= 15 is 0 Å². The number of likely N-dealkylation sites (tertiary alicyclic amines) is 1. The van der Waals surface area contributed by atoms with Crippen LogP contribution in [0.25, 0.3) is 0 Å². The predicted octanol–water partition coefficient (Wildman–Crippen LogP) is 1.87. The van der Waals surface area contributed by atoms with Crippen molar-refractivity contribution in [3.8, 4) is 0 Å². The first-order valence-corrected chi connectivity index (χ1v) is 8.22. The molecule has 7 heteroatoms. The van der Waals surface area contributed by atoms with E-state index in [4.69, 9.17) is 0 Å². The molecule has 130 valence electrons. The summed E-state index contributed by atoms with van der Waals surface area (Å²) < 4.78 is 1.74. The van der Waals surface area contributed by atoms with E-state index in [-0.39, 0.29) is 24.3 Å². The van der Waals surface area contributed by atoms with Gasteiger partial charge in [-0.3, -0.25) is 24.0 Å². The van der Waals surface area contributed by atoms with Gasteiger partial charge in [0, 0.05) is 37.7 Å². The number of aryl methyl sites for hydroxylation is 2. The summed E-state index contributed by atoms with van der Waals surface area (Å²) in [6.07, 6.45) is 4.57. The highest BCUT2D eigenvalue weighted by molar-refractivity contribution is 6.01. The van der Waals surface area contributed by atoms with Gasteiger partial charge in [0.1, 0.15) is 0 Å². The van der Waals surface area contributed by atoms with E-state index in [1.807, 2.05) is 25.3 Å². The van der Waals surface area contributed by atoms with Crippen molar-refractivity contribution in [3.63, 3.8) is 0 Å². The first-order valence-electron chi connectivity index (χ1n) is 8.22. The second-order valence-electron chi connectivity index (χ2n) is 6.15. The second kappa shape index (κ2) is 7.29. The van der Waals surface area contributed by atoms with Gasteiger partial charge in [-0.25, -0.2) is 0 Å². The second-order valence-corrected chi connectivity index (χ2v) is 6.15. The number of hydrogen-bond acceptors (Lipinski definition) is 4. The molecule has 0 bridgehead atoms. The maximum atomic E-state index is 12.0. The molecule has 1 aliphatic heterocycles. The van der Waals surface area contributed by atoms with Gasteiger partial charge < -0.3 is 5.32 Å². The molecule has 0 aliphatic carbocycles. The minimum Gasteiger partial charge on any atom is -0.326 e. The number of carbonyl (C=O) groups excluding carboxylic acids is 3. The summed E-state index contributed by atoms with van der Waals surface area (Å²) in [7, 11) is 0. The van der Waals surface area contributed by atoms with Crippen LogP contribution in [0.2, 0.25) is 0 Å². The average molecular weight is 340 g/mol. The van der Waals surface area contributed by atoms with Gasteiger partial charge in [0.25, 0.3) is 0 Å². The van der Waals surface area contributed by atoms with Gasteiger partial charge in [0.15, 0.2) is 0 Å². The largest absolute Gasteiger partial charge is 0.326 e. The van der Waals surface area contributed by atoms with Gasteiger partial charge in [-0.1, -0.05) is 12.1 Å². The average Bonchev–Trinajstić information content (AvgIpc) is 3.15. The van der Waals surface area contributed by atoms with Crippen molar-refractivity contribution in [3.05, 3.63) is 47.8 Å². The third-order valence-corrected chi connectivity index (χ3v) is 4.06. The Hall–Kier alpha value is -2.96. The number of nitrogens with one attached hydrogen (secondary N) is 1. The van der Waals surface area contributed by atoms with Gasteiger partial charge in [0.2, 0.25) is 17.7 Å². The molecule has 3 amide bonds. The van der Waals surface area contributed by atoms with Crippen molar-refractivity contribution < 1.29 is 14.4 Å². The zero-order valence-corrected chi connectivity index (χ0v) is 14.1. The lowest BCUT2D eigenvalue weighted by Crippen LogP contribution is -2.28. The maximum absolute atomic E-state index is 12.0. The molecule has 0 saturated carbocycles. The standard InChI is InChI=1S/C18H20N4O3/c1-13-10-19-21(11-13)9-8-16(23)20-15-4-2-14(3-5-15)12-22-17(24)6-7-18(22)25/h2-5,10-11H,6-9,12H2,1H3,(H,20,23). The smallest absolute Gasteiger partial charge is 0.229 e. The molecular formula is C18H20N4O3. The quantitative estimate of drug-likeness (QED) is 0.814. The minimum absolute atomic E-state index is 0.0919. The van der Waals surface area contributed by atoms with Crippen LogP contribution >= 0.6 is 0 Å². The lowest BCUT2D eigenvalue weighted by molar-refractivity contribution is -0.139. The van der Waals surface area contributed by atoms with Gasteiger partial charge >= 0.3 is 0 Å². The summed E-state index contributed by atoms with van der Waals surface area (Å²) in [5.41, 5.74) is 2.60. The molecule has 0 spiro atoms. The number of amides is 3. The Morgan fingerprint density at radius 1 is 1.16 bits per heavy atom. The van der Waals surface area contributed by atoms with Crippen LogP contribution in [-0.2, 0) is 27.5 Å². The fourth-order valence-corrected chi connectivity index (χ4v) is 2.70. The zero-order chi connectivity index (χ0) is 17.8. The summed E-state index contributed by atoms with van der Waals surface area (Å²) in [5.74, 6) is -0.349. The molecule has 1 aliphatic rings. The van der Waals surface area contributed by atoms with Crippen molar-refractivity contribution in [1.82, 2.24) is 14.7 Å². The first-order chi connectivity index (χ1) is 12.0. The van der Waals surface area contributed by atoms with Crippen LogP contribution in [0.5, 0.6) is 0 Å². The van der Waals surface area contributed by atoms with Crippen LogP contribution in [0.1, 0.15) is 30.4 Å². The van der Waals surface area contributed by atoms with Crippen molar-refractivity contribution in [2.45, 2.75) is 39.3 Å². The third kappa shape index (κ3) is 4.32. The van der Waals surface area contributed by atoms with Crippen LogP contribution in [-0.4, -0.2) is 32.4 Å². The Bertz CT molecular complexity index is 779. The highest BCUT2D eigenvalue weighted by Gasteiger charge is 2.28. The summed E-state index contributed by atoms with van der Waals surface area (Å²) in [6.45, 7) is 2.76. The summed E-state index contributed by atoms with van der Waals surface area (Å²) in [6, 6.07) is 7.17. The van der Waals surface area contributed by atoms with Gasteiger partial charge in [0.05, 0.1) is 12.7 Å². The van der Waals surface area contributed by atoms with E-state index in [0.29, 0.717) is 31.5 Å². The van der Waals surface area contributed by atoms with Crippen LogP contribution in [0, 0.1) is 6.92 Å². The zero-order valence-electron chi connectivity index (χ0n) is 14.1. The van der Waals surface area contributed by atoms with E-state index in [1.54, 1.807) is 23.0 Å². The Balaban J connectivity index is 1.51. The normalized spacial score (nSPS) is 14.2. The van der Waals surface area contributed by atoms with Crippen LogP contribution in [0.3, 0.4) is 0 Å². The number of hydrogen-bond donors (Lipinski definition) is 1. The van der Waals surface area contributed by atoms with Crippen LogP contribution in [0.4, 0.5) is 5.69 Å². The van der Waals surface area contributed by atoms with Gasteiger partial charge in [-0.05, 0) is 30.2 Å². The molecule has 1 N–H and O–H groups in total. The maximum Gasteiger partial charge on any atom is 0.229 e. The summed E-state index contributed by atoms with van der Waals surface area (Å²) in [4.78, 5) is 36.5. The van der Waals surface area contributed by atoms with Crippen molar-refractivity contribution >= 4 is 23.4 Å². The Kier molecular flexibility index (Phi) is 4.92. The molecule has 1 aromatic carbocycles. The molecule has 2 heterocycles. The fraction of sp³-hybridized carbons (Fsp3) is 0.333. The minimum atomic E-state index is -0.128. The number of aromatic nitrogens is 2. The Labute approximate surface area is 145 Å². The van der Waals surface area contributed by atoms with Crippen LogP contribution in [0.15, 0.2) is 36.7 Å². The van der Waals surface area contributed by atoms with E-state index in [2.05, 4.69) is 10.4 Å². The highest BCUT2D eigenvalue weighted by atomic mass is 16.2. The molecule has 0 atom stereocenters.